The molecule has 2 aliphatic heterocycles. The number of carbonyl (C=O) groups is 3. The second-order valence-electron chi connectivity index (χ2n) is 8.94. The Labute approximate surface area is 203 Å². The van der Waals surface area contributed by atoms with E-state index in [1.54, 1.807) is 30.3 Å². The molecular formula is C25H30ClN3O3S. The molecule has 2 saturated heterocycles. The Balaban J connectivity index is 1.46. The van der Waals surface area contributed by atoms with E-state index in [0.717, 1.165) is 25.8 Å². The lowest BCUT2D eigenvalue weighted by Gasteiger charge is -2.40. The van der Waals surface area contributed by atoms with Gasteiger partial charge in [-0.1, -0.05) is 17.7 Å². The Kier molecular flexibility index (Phi) is 7.71. The summed E-state index contributed by atoms with van der Waals surface area (Å²) in [6, 6.07) is 10.1. The molecule has 176 valence electrons. The molecular weight excluding hydrogens is 458 g/mol. The predicted octanol–water partition coefficient (Wildman–Crippen LogP) is 4.45. The van der Waals surface area contributed by atoms with Crippen molar-refractivity contribution in [2.75, 3.05) is 19.6 Å². The third-order valence-corrected chi connectivity index (χ3v) is 7.89. The molecule has 4 rings (SSSR count). The molecule has 6 nitrogen and oxygen atoms in total. The van der Waals surface area contributed by atoms with E-state index in [2.05, 4.69) is 12.2 Å². The topological polar surface area (TPSA) is 69.7 Å². The molecule has 0 aliphatic carbocycles. The first kappa shape index (κ1) is 23.8. The molecule has 0 saturated carbocycles. The van der Waals surface area contributed by atoms with Gasteiger partial charge in [0, 0.05) is 36.3 Å². The molecule has 0 radical (unpaired) electrons. The third-order valence-electron chi connectivity index (χ3n) is 6.77. The number of halogens is 1. The molecule has 3 amide bonds. The fraction of sp³-hybridized carbons (Fsp3) is 0.480. The minimum absolute atomic E-state index is 0.00887. The highest BCUT2D eigenvalue weighted by Crippen LogP contribution is 2.27. The van der Waals surface area contributed by atoms with Gasteiger partial charge in [-0.25, -0.2) is 0 Å². The van der Waals surface area contributed by atoms with E-state index < -0.39 is 6.04 Å². The van der Waals surface area contributed by atoms with Crippen LogP contribution in [0.25, 0.3) is 0 Å². The number of likely N-dealkylation sites (tertiary alicyclic amines) is 2. The van der Waals surface area contributed by atoms with E-state index in [9.17, 15) is 14.4 Å². The molecule has 2 aromatic rings. The van der Waals surface area contributed by atoms with Crippen LogP contribution < -0.4 is 5.32 Å². The zero-order valence-electron chi connectivity index (χ0n) is 18.8. The van der Waals surface area contributed by atoms with Gasteiger partial charge in [-0.05, 0) is 80.7 Å². The first-order valence-electron chi connectivity index (χ1n) is 11.6. The molecule has 2 aliphatic rings. The molecule has 8 heteroatoms. The van der Waals surface area contributed by atoms with Crippen LogP contribution in [-0.4, -0.2) is 59.2 Å². The Hall–Kier alpha value is -2.38. The van der Waals surface area contributed by atoms with Gasteiger partial charge in [-0.3, -0.25) is 14.4 Å². The van der Waals surface area contributed by atoms with Crippen molar-refractivity contribution < 1.29 is 14.4 Å². The molecule has 1 aromatic heterocycles. The normalized spacial score (nSPS) is 20.4. The molecule has 33 heavy (non-hydrogen) atoms. The second-order valence-corrected chi connectivity index (χ2v) is 10.3. The van der Waals surface area contributed by atoms with Crippen molar-refractivity contribution in [1.82, 2.24) is 15.1 Å². The summed E-state index contributed by atoms with van der Waals surface area (Å²) in [6.07, 6.45) is 4.45. The van der Waals surface area contributed by atoms with Crippen LogP contribution in [-0.2, 0) is 4.79 Å². The summed E-state index contributed by atoms with van der Waals surface area (Å²) in [5.41, 5.74) is 0.610. The monoisotopic (exact) mass is 487 g/mol. The quantitative estimate of drug-likeness (QED) is 0.677. The lowest BCUT2D eigenvalue weighted by molar-refractivity contribution is -0.138. The van der Waals surface area contributed by atoms with Gasteiger partial charge in [0.25, 0.3) is 11.8 Å². The van der Waals surface area contributed by atoms with Crippen LogP contribution in [0.2, 0.25) is 5.02 Å². The van der Waals surface area contributed by atoms with Crippen LogP contribution in [0.15, 0.2) is 41.8 Å². The Morgan fingerprint density at radius 3 is 2.39 bits per heavy atom. The average molecular weight is 488 g/mol. The summed E-state index contributed by atoms with van der Waals surface area (Å²) in [7, 11) is 0. The molecule has 0 unspecified atom stereocenters. The number of thiophene rings is 1. The summed E-state index contributed by atoms with van der Waals surface area (Å²) in [4.78, 5) is 43.7. The highest BCUT2D eigenvalue weighted by atomic mass is 35.5. The van der Waals surface area contributed by atoms with Gasteiger partial charge in [0.05, 0.1) is 4.88 Å². The minimum Gasteiger partial charge on any atom is -0.339 e. The van der Waals surface area contributed by atoms with Crippen molar-refractivity contribution in [3.8, 4) is 0 Å². The molecule has 2 atom stereocenters. The zero-order valence-corrected chi connectivity index (χ0v) is 20.4. The fourth-order valence-corrected chi connectivity index (χ4v) is 5.57. The predicted molar refractivity (Wildman–Crippen MR) is 131 cm³/mol. The fourth-order valence-electron chi connectivity index (χ4n) is 4.82. The Morgan fingerprint density at radius 2 is 1.76 bits per heavy atom. The van der Waals surface area contributed by atoms with Gasteiger partial charge in [0.1, 0.15) is 6.04 Å². The highest BCUT2D eigenvalue weighted by molar-refractivity contribution is 7.12. The van der Waals surface area contributed by atoms with Gasteiger partial charge in [0.2, 0.25) is 5.91 Å². The van der Waals surface area contributed by atoms with Crippen molar-refractivity contribution in [1.29, 1.82) is 0 Å². The van der Waals surface area contributed by atoms with Gasteiger partial charge < -0.3 is 15.1 Å². The van der Waals surface area contributed by atoms with Crippen LogP contribution in [0.3, 0.4) is 0 Å². The maximum Gasteiger partial charge on any atom is 0.262 e. The van der Waals surface area contributed by atoms with Crippen molar-refractivity contribution in [2.45, 2.75) is 51.1 Å². The summed E-state index contributed by atoms with van der Waals surface area (Å²) in [6.45, 7) is 3.93. The summed E-state index contributed by atoms with van der Waals surface area (Å²) >= 11 is 7.32. The first-order valence-corrected chi connectivity index (χ1v) is 12.9. The molecule has 1 N–H and O–H groups in total. The summed E-state index contributed by atoms with van der Waals surface area (Å²) < 4.78 is 0. The number of rotatable bonds is 5. The minimum atomic E-state index is -0.576. The second kappa shape index (κ2) is 10.7. The molecule has 1 aromatic carbocycles. The molecule has 2 fully saturated rings. The molecule has 3 heterocycles. The molecule has 0 spiro atoms. The van der Waals surface area contributed by atoms with E-state index in [-0.39, 0.29) is 29.7 Å². The van der Waals surface area contributed by atoms with Crippen LogP contribution in [0.1, 0.15) is 59.1 Å². The summed E-state index contributed by atoms with van der Waals surface area (Å²) in [5, 5.41) is 5.51. The summed E-state index contributed by atoms with van der Waals surface area (Å²) in [5.74, 6) is -0.229. The zero-order chi connectivity index (χ0) is 23.4. The van der Waals surface area contributed by atoms with Gasteiger partial charge in [0.15, 0.2) is 0 Å². The Bertz CT molecular complexity index is 971. The lowest BCUT2D eigenvalue weighted by atomic mass is 9.87. The number of benzene rings is 1. The van der Waals surface area contributed by atoms with E-state index in [4.69, 9.17) is 11.6 Å². The van der Waals surface area contributed by atoms with Crippen LogP contribution in [0, 0.1) is 5.92 Å². The SMILES string of the molecule is C[C@@H]1CCCCN1C(=O)[C@@H](NC(=O)c1cccs1)C1CCN(C(=O)c2ccc(Cl)cc2)CC1. The van der Waals surface area contributed by atoms with Crippen molar-refractivity contribution in [3.63, 3.8) is 0 Å². The number of nitrogens with zero attached hydrogens (tertiary/aromatic N) is 2. The molecule has 0 bridgehead atoms. The number of hydrogen-bond acceptors (Lipinski definition) is 4. The lowest BCUT2D eigenvalue weighted by Crippen LogP contribution is -2.57. The number of piperidine rings is 2. The van der Waals surface area contributed by atoms with Gasteiger partial charge in [-0.2, -0.15) is 0 Å². The van der Waals surface area contributed by atoms with Crippen molar-refractivity contribution in [3.05, 3.63) is 57.2 Å². The van der Waals surface area contributed by atoms with Crippen LogP contribution >= 0.6 is 22.9 Å². The first-order chi connectivity index (χ1) is 15.9. The van der Waals surface area contributed by atoms with E-state index in [0.29, 0.717) is 41.4 Å². The maximum absolute atomic E-state index is 13.6. The van der Waals surface area contributed by atoms with Crippen molar-refractivity contribution in [2.24, 2.45) is 5.92 Å². The van der Waals surface area contributed by atoms with Gasteiger partial charge in [-0.15, -0.1) is 11.3 Å². The third kappa shape index (κ3) is 5.58. The number of carbonyl (C=O) groups excluding carboxylic acids is 3. The standard InChI is InChI=1S/C25H30ClN3O3S/c1-17-5-2-3-13-29(17)25(32)22(27-23(30)21-6-4-16-33-21)18-11-14-28(15-12-18)24(31)19-7-9-20(26)10-8-19/h4,6-10,16-18,22H,2-3,5,11-15H2,1H3,(H,27,30)/t17-,22+/m1/s1. The van der Waals surface area contributed by atoms with E-state index >= 15 is 0 Å². The van der Waals surface area contributed by atoms with Gasteiger partial charge >= 0.3 is 0 Å². The van der Waals surface area contributed by atoms with E-state index in [1.165, 1.54) is 11.3 Å². The van der Waals surface area contributed by atoms with Crippen molar-refractivity contribution >= 4 is 40.7 Å². The Morgan fingerprint density at radius 1 is 1.03 bits per heavy atom. The van der Waals surface area contributed by atoms with E-state index in [1.807, 2.05) is 21.2 Å². The smallest absolute Gasteiger partial charge is 0.262 e. The van der Waals surface area contributed by atoms with Crippen LogP contribution in [0.5, 0.6) is 0 Å². The highest BCUT2D eigenvalue weighted by Gasteiger charge is 2.38. The maximum atomic E-state index is 13.6. The largest absolute Gasteiger partial charge is 0.339 e. The van der Waals surface area contributed by atoms with Crippen LogP contribution in [0.4, 0.5) is 0 Å². The number of hydrogen-bond donors (Lipinski definition) is 1. The average Bonchev–Trinajstić information content (AvgIpc) is 3.38. The number of nitrogens with one attached hydrogen (secondary N) is 1. The number of amides is 3.